The SMILES string of the molecule is CC[C@H](O)[C@](C)(O)C(=O)O. The molecule has 4 nitrogen and oxygen atoms in total. The van der Waals surface area contributed by atoms with Crippen molar-refractivity contribution in [2.45, 2.75) is 32.0 Å². The van der Waals surface area contributed by atoms with Crippen LogP contribution in [0.4, 0.5) is 0 Å². The van der Waals surface area contributed by atoms with E-state index >= 15 is 0 Å². The zero-order chi connectivity index (χ0) is 8.36. The van der Waals surface area contributed by atoms with E-state index in [2.05, 4.69) is 0 Å². The number of aliphatic carboxylic acids is 1. The van der Waals surface area contributed by atoms with Crippen molar-refractivity contribution >= 4 is 5.97 Å². The van der Waals surface area contributed by atoms with Crippen molar-refractivity contribution < 1.29 is 20.1 Å². The van der Waals surface area contributed by atoms with Gasteiger partial charge in [-0.3, -0.25) is 0 Å². The maximum atomic E-state index is 10.2. The van der Waals surface area contributed by atoms with Crippen molar-refractivity contribution in [3.63, 3.8) is 0 Å². The summed E-state index contributed by atoms with van der Waals surface area (Å²) in [4.78, 5) is 10.2. The molecule has 0 bridgehead atoms. The monoisotopic (exact) mass is 148 g/mol. The fraction of sp³-hybridized carbons (Fsp3) is 0.833. The number of carboxylic acid groups (broad SMARTS) is 1. The second kappa shape index (κ2) is 2.98. The topological polar surface area (TPSA) is 77.8 Å². The van der Waals surface area contributed by atoms with Gasteiger partial charge in [0.25, 0.3) is 0 Å². The van der Waals surface area contributed by atoms with Crippen LogP contribution in [0.3, 0.4) is 0 Å². The Hall–Kier alpha value is -0.610. The normalized spacial score (nSPS) is 19.6. The van der Waals surface area contributed by atoms with E-state index in [-0.39, 0.29) is 6.42 Å². The highest BCUT2D eigenvalue weighted by Gasteiger charge is 2.36. The fourth-order valence-electron chi connectivity index (χ4n) is 0.540. The van der Waals surface area contributed by atoms with Gasteiger partial charge < -0.3 is 15.3 Å². The van der Waals surface area contributed by atoms with E-state index in [9.17, 15) is 4.79 Å². The molecule has 0 aliphatic carbocycles. The minimum absolute atomic E-state index is 0.222. The molecule has 0 spiro atoms. The largest absolute Gasteiger partial charge is 0.479 e. The average Bonchev–Trinajstić information content (AvgIpc) is 1.86. The quantitative estimate of drug-likeness (QED) is 0.508. The molecule has 10 heavy (non-hydrogen) atoms. The minimum Gasteiger partial charge on any atom is -0.479 e. The third-order valence-electron chi connectivity index (χ3n) is 1.47. The number of aliphatic hydroxyl groups excluding tert-OH is 1. The number of aliphatic hydroxyl groups is 2. The Balaban J connectivity index is 4.23. The molecule has 0 amide bonds. The summed E-state index contributed by atoms with van der Waals surface area (Å²) in [6, 6.07) is 0. The van der Waals surface area contributed by atoms with E-state index in [1.807, 2.05) is 0 Å². The first-order valence-electron chi connectivity index (χ1n) is 3.06. The van der Waals surface area contributed by atoms with Crippen LogP contribution in [0.5, 0.6) is 0 Å². The Morgan fingerprint density at radius 1 is 1.70 bits per heavy atom. The van der Waals surface area contributed by atoms with Gasteiger partial charge in [-0.05, 0) is 13.3 Å². The lowest BCUT2D eigenvalue weighted by molar-refractivity contribution is -0.168. The molecule has 0 heterocycles. The summed E-state index contributed by atoms with van der Waals surface area (Å²) in [5.41, 5.74) is -2.02. The van der Waals surface area contributed by atoms with Gasteiger partial charge in [0.15, 0.2) is 5.60 Å². The molecule has 60 valence electrons. The summed E-state index contributed by atoms with van der Waals surface area (Å²) in [7, 11) is 0. The first kappa shape index (κ1) is 9.39. The third kappa shape index (κ3) is 1.68. The Kier molecular flexibility index (Phi) is 2.80. The molecule has 0 aliphatic rings. The molecular formula is C6H12O4. The summed E-state index contributed by atoms with van der Waals surface area (Å²) in [5, 5.41) is 26.3. The highest BCUT2D eigenvalue weighted by molar-refractivity contribution is 5.77. The van der Waals surface area contributed by atoms with Gasteiger partial charge in [0.1, 0.15) is 0 Å². The van der Waals surface area contributed by atoms with Gasteiger partial charge in [0.05, 0.1) is 6.10 Å². The summed E-state index contributed by atoms with van der Waals surface area (Å²) in [6.45, 7) is 2.67. The molecule has 0 saturated carbocycles. The second-order valence-corrected chi connectivity index (χ2v) is 2.38. The van der Waals surface area contributed by atoms with Crippen molar-refractivity contribution in [1.29, 1.82) is 0 Å². The van der Waals surface area contributed by atoms with E-state index in [4.69, 9.17) is 15.3 Å². The van der Waals surface area contributed by atoms with E-state index in [1.54, 1.807) is 6.92 Å². The van der Waals surface area contributed by atoms with Crippen LogP contribution in [0.2, 0.25) is 0 Å². The number of rotatable bonds is 3. The van der Waals surface area contributed by atoms with Crippen molar-refractivity contribution in [3.8, 4) is 0 Å². The van der Waals surface area contributed by atoms with Crippen LogP contribution in [-0.2, 0) is 4.79 Å². The van der Waals surface area contributed by atoms with E-state index in [0.717, 1.165) is 6.92 Å². The smallest absolute Gasteiger partial charge is 0.338 e. The molecule has 0 fully saturated rings. The lowest BCUT2D eigenvalue weighted by atomic mass is 9.98. The summed E-state index contributed by atoms with van der Waals surface area (Å²) < 4.78 is 0. The average molecular weight is 148 g/mol. The molecule has 0 aliphatic heterocycles. The molecular weight excluding hydrogens is 136 g/mol. The Morgan fingerprint density at radius 3 is 2.20 bits per heavy atom. The zero-order valence-electron chi connectivity index (χ0n) is 6.03. The van der Waals surface area contributed by atoms with Crippen LogP contribution in [0.25, 0.3) is 0 Å². The molecule has 0 aromatic heterocycles. The second-order valence-electron chi connectivity index (χ2n) is 2.38. The fourth-order valence-corrected chi connectivity index (χ4v) is 0.540. The van der Waals surface area contributed by atoms with Gasteiger partial charge in [0, 0.05) is 0 Å². The minimum atomic E-state index is -2.02. The predicted molar refractivity (Wildman–Crippen MR) is 34.6 cm³/mol. The molecule has 0 aromatic rings. The molecule has 2 atom stereocenters. The van der Waals surface area contributed by atoms with Crippen LogP contribution in [-0.4, -0.2) is 33.0 Å². The number of carbonyl (C=O) groups is 1. The van der Waals surface area contributed by atoms with Crippen LogP contribution in [0.1, 0.15) is 20.3 Å². The number of hydrogen-bond acceptors (Lipinski definition) is 3. The van der Waals surface area contributed by atoms with Gasteiger partial charge in [0.2, 0.25) is 0 Å². The van der Waals surface area contributed by atoms with E-state index < -0.39 is 17.7 Å². The van der Waals surface area contributed by atoms with Gasteiger partial charge in [-0.2, -0.15) is 0 Å². The van der Waals surface area contributed by atoms with Crippen molar-refractivity contribution in [1.82, 2.24) is 0 Å². The van der Waals surface area contributed by atoms with Gasteiger partial charge in [-0.1, -0.05) is 6.92 Å². The van der Waals surface area contributed by atoms with Crippen molar-refractivity contribution in [3.05, 3.63) is 0 Å². The van der Waals surface area contributed by atoms with Gasteiger partial charge in [-0.15, -0.1) is 0 Å². The van der Waals surface area contributed by atoms with Crippen molar-refractivity contribution in [2.24, 2.45) is 0 Å². The summed E-state index contributed by atoms with van der Waals surface area (Å²) in [6.07, 6.45) is -0.982. The summed E-state index contributed by atoms with van der Waals surface area (Å²) >= 11 is 0. The molecule has 4 heteroatoms. The molecule has 3 N–H and O–H groups in total. The molecule has 0 saturated heterocycles. The van der Waals surface area contributed by atoms with E-state index in [0.29, 0.717) is 0 Å². The Bertz CT molecular complexity index is 130. The highest BCUT2D eigenvalue weighted by atomic mass is 16.4. The van der Waals surface area contributed by atoms with Crippen molar-refractivity contribution in [2.75, 3.05) is 0 Å². The third-order valence-corrected chi connectivity index (χ3v) is 1.47. The van der Waals surface area contributed by atoms with E-state index in [1.165, 1.54) is 0 Å². The summed E-state index contributed by atoms with van der Waals surface area (Å²) in [5.74, 6) is -1.40. The maximum Gasteiger partial charge on any atom is 0.338 e. The standard InChI is InChI=1S/C6H12O4/c1-3-4(7)6(2,10)5(8)9/h4,7,10H,3H2,1-2H3,(H,8,9)/t4-,6-/m0/s1. The zero-order valence-corrected chi connectivity index (χ0v) is 6.03. The first-order valence-corrected chi connectivity index (χ1v) is 3.06. The van der Waals surface area contributed by atoms with Crippen LogP contribution < -0.4 is 0 Å². The van der Waals surface area contributed by atoms with Crippen LogP contribution in [0, 0.1) is 0 Å². The maximum absolute atomic E-state index is 10.2. The predicted octanol–water partition coefficient (Wildman–Crippen LogP) is -0.407. The number of carboxylic acids is 1. The molecule has 0 unspecified atom stereocenters. The lowest BCUT2D eigenvalue weighted by Crippen LogP contribution is -2.46. The Labute approximate surface area is 59.1 Å². The van der Waals surface area contributed by atoms with Crippen LogP contribution in [0.15, 0.2) is 0 Å². The molecule has 0 radical (unpaired) electrons. The molecule has 0 rings (SSSR count). The first-order chi connectivity index (χ1) is 4.42. The van der Waals surface area contributed by atoms with Gasteiger partial charge in [-0.25, -0.2) is 4.79 Å². The van der Waals surface area contributed by atoms with Gasteiger partial charge >= 0.3 is 5.97 Å². The lowest BCUT2D eigenvalue weighted by Gasteiger charge is -2.22. The van der Waals surface area contributed by atoms with Crippen LogP contribution >= 0.6 is 0 Å². The Morgan fingerprint density at radius 2 is 2.10 bits per heavy atom. The highest BCUT2D eigenvalue weighted by Crippen LogP contribution is 2.12. The number of hydrogen-bond donors (Lipinski definition) is 3. The molecule has 0 aromatic carbocycles.